The zero-order valence-electron chi connectivity index (χ0n) is 14.0. The lowest BCUT2D eigenvalue weighted by Crippen LogP contribution is -2.42. The van der Waals surface area contributed by atoms with E-state index in [1.54, 1.807) is 6.92 Å². The lowest BCUT2D eigenvalue weighted by Gasteiger charge is -2.17. The summed E-state index contributed by atoms with van der Waals surface area (Å²) in [5.74, 6) is -0.402. The number of amides is 1. The molecule has 23 heavy (non-hydrogen) atoms. The molecule has 1 amide bonds. The van der Waals surface area contributed by atoms with Gasteiger partial charge < -0.3 is 14.8 Å². The number of hydrogen-bond donors (Lipinski definition) is 1. The van der Waals surface area contributed by atoms with Crippen molar-refractivity contribution in [2.75, 3.05) is 6.61 Å². The van der Waals surface area contributed by atoms with Crippen LogP contribution in [-0.4, -0.2) is 24.7 Å². The molecule has 1 atom stereocenters. The molecule has 0 saturated carbocycles. The second kappa shape index (κ2) is 11.5. The van der Waals surface area contributed by atoms with Gasteiger partial charge in [-0.1, -0.05) is 62.9 Å². The van der Waals surface area contributed by atoms with Gasteiger partial charge in [0.15, 0.2) is 0 Å². The van der Waals surface area contributed by atoms with Gasteiger partial charge in [0, 0.05) is 0 Å². The first kappa shape index (κ1) is 19.0. The van der Waals surface area contributed by atoms with Crippen molar-refractivity contribution in [3.05, 3.63) is 35.9 Å². The molecule has 0 aliphatic heterocycles. The molecular formula is C18H27NO4. The fraction of sp³-hybridized carbons (Fsp3) is 0.556. The molecular weight excluding hydrogens is 294 g/mol. The summed E-state index contributed by atoms with van der Waals surface area (Å²) in [4.78, 5) is 23.8. The minimum atomic E-state index is -0.643. The first-order valence-electron chi connectivity index (χ1n) is 8.31. The largest absolute Gasteiger partial charge is 0.464 e. The van der Waals surface area contributed by atoms with E-state index in [4.69, 9.17) is 9.47 Å². The molecule has 0 heterocycles. The third-order valence-corrected chi connectivity index (χ3v) is 3.42. The standard InChI is InChI=1S/C18H27NO4/c1-3-5-6-10-13-16(17(20)22-4-2)19-18(21)23-14-15-11-8-7-9-12-15/h7-9,11-12,16H,3-6,10,13-14H2,1-2H3,(H,19,21). The van der Waals surface area contributed by atoms with E-state index in [1.165, 1.54) is 0 Å². The highest BCUT2D eigenvalue weighted by Gasteiger charge is 2.22. The van der Waals surface area contributed by atoms with Crippen LogP contribution in [0.4, 0.5) is 4.79 Å². The van der Waals surface area contributed by atoms with Gasteiger partial charge in [0.1, 0.15) is 12.6 Å². The Morgan fingerprint density at radius 3 is 2.43 bits per heavy atom. The third kappa shape index (κ3) is 8.24. The number of esters is 1. The van der Waals surface area contributed by atoms with Crippen molar-refractivity contribution >= 4 is 12.1 Å². The highest BCUT2D eigenvalue weighted by Crippen LogP contribution is 2.08. The van der Waals surface area contributed by atoms with E-state index in [0.717, 1.165) is 31.2 Å². The Hall–Kier alpha value is -2.04. The number of benzene rings is 1. The Morgan fingerprint density at radius 2 is 1.78 bits per heavy atom. The number of unbranched alkanes of at least 4 members (excludes halogenated alkanes) is 3. The molecule has 0 spiro atoms. The lowest BCUT2D eigenvalue weighted by atomic mass is 10.1. The first-order valence-corrected chi connectivity index (χ1v) is 8.31. The molecule has 128 valence electrons. The first-order chi connectivity index (χ1) is 11.2. The normalized spacial score (nSPS) is 11.6. The maximum absolute atomic E-state index is 11.9. The molecule has 0 aliphatic carbocycles. The monoisotopic (exact) mass is 321 g/mol. The van der Waals surface area contributed by atoms with E-state index in [-0.39, 0.29) is 6.61 Å². The molecule has 0 radical (unpaired) electrons. The van der Waals surface area contributed by atoms with E-state index >= 15 is 0 Å². The van der Waals surface area contributed by atoms with Crippen LogP contribution in [0.5, 0.6) is 0 Å². The van der Waals surface area contributed by atoms with Crippen LogP contribution in [0.25, 0.3) is 0 Å². The van der Waals surface area contributed by atoms with Gasteiger partial charge in [-0.25, -0.2) is 9.59 Å². The second-order valence-corrected chi connectivity index (χ2v) is 5.36. The quantitative estimate of drug-likeness (QED) is 0.525. The predicted octanol–water partition coefficient (Wildman–Crippen LogP) is 3.81. The van der Waals surface area contributed by atoms with Crippen molar-refractivity contribution in [1.82, 2.24) is 5.32 Å². The number of nitrogens with one attached hydrogen (secondary N) is 1. The Labute approximate surface area is 138 Å². The highest BCUT2D eigenvalue weighted by atomic mass is 16.6. The summed E-state index contributed by atoms with van der Waals surface area (Å²) in [6.07, 6.45) is 4.12. The highest BCUT2D eigenvalue weighted by molar-refractivity contribution is 5.81. The molecule has 1 rings (SSSR count). The van der Waals surface area contributed by atoms with Crippen LogP contribution >= 0.6 is 0 Å². The summed E-state index contributed by atoms with van der Waals surface area (Å²) in [7, 11) is 0. The van der Waals surface area contributed by atoms with Crippen molar-refractivity contribution < 1.29 is 19.1 Å². The molecule has 1 aromatic rings. The van der Waals surface area contributed by atoms with Gasteiger partial charge in [0.2, 0.25) is 0 Å². The predicted molar refractivity (Wildman–Crippen MR) is 88.9 cm³/mol. The maximum Gasteiger partial charge on any atom is 0.408 e. The van der Waals surface area contributed by atoms with Crippen molar-refractivity contribution in [1.29, 1.82) is 0 Å². The SMILES string of the molecule is CCCCCCC(NC(=O)OCc1ccccc1)C(=O)OCC. The molecule has 5 heteroatoms. The van der Waals surface area contributed by atoms with E-state index in [1.807, 2.05) is 30.3 Å². The topological polar surface area (TPSA) is 64.6 Å². The molecule has 0 saturated heterocycles. The van der Waals surface area contributed by atoms with Crippen LogP contribution in [0.2, 0.25) is 0 Å². The summed E-state index contributed by atoms with van der Waals surface area (Å²) in [5.41, 5.74) is 0.901. The smallest absolute Gasteiger partial charge is 0.408 e. The third-order valence-electron chi connectivity index (χ3n) is 3.42. The number of alkyl carbamates (subject to hydrolysis) is 1. The van der Waals surface area contributed by atoms with Crippen molar-refractivity contribution in [3.8, 4) is 0 Å². The van der Waals surface area contributed by atoms with Crippen LogP contribution in [0.1, 0.15) is 51.5 Å². The average molecular weight is 321 g/mol. The number of carbonyl (C=O) groups is 2. The number of hydrogen-bond acceptors (Lipinski definition) is 4. The van der Waals surface area contributed by atoms with Gasteiger partial charge in [-0.15, -0.1) is 0 Å². The zero-order chi connectivity index (χ0) is 16.9. The zero-order valence-corrected chi connectivity index (χ0v) is 14.0. The Balaban J connectivity index is 2.43. The van der Waals surface area contributed by atoms with Crippen molar-refractivity contribution in [2.24, 2.45) is 0 Å². The van der Waals surface area contributed by atoms with Crippen LogP contribution in [-0.2, 0) is 20.9 Å². The Bertz CT molecular complexity index is 461. The van der Waals surface area contributed by atoms with Gasteiger partial charge >= 0.3 is 12.1 Å². The van der Waals surface area contributed by atoms with Crippen LogP contribution < -0.4 is 5.32 Å². The van der Waals surface area contributed by atoms with Crippen LogP contribution in [0.3, 0.4) is 0 Å². The van der Waals surface area contributed by atoms with Crippen molar-refractivity contribution in [3.63, 3.8) is 0 Å². The second-order valence-electron chi connectivity index (χ2n) is 5.36. The summed E-state index contributed by atoms with van der Waals surface area (Å²) < 4.78 is 10.2. The van der Waals surface area contributed by atoms with Gasteiger partial charge in [0.25, 0.3) is 0 Å². The molecule has 0 aromatic heterocycles. The van der Waals surface area contributed by atoms with E-state index in [0.29, 0.717) is 13.0 Å². The van der Waals surface area contributed by atoms with Gasteiger partial charge in [-0.2, -0.15) is 0 Å². The molecule has 1 aromatic carbocycles. The number of ether oxygens (including phenoxy) is 2. The Morgan fingerprint density at radius 1 is 1.04 bits per heavy atom. The summed E-state index contributed by atoms with van der Waals surface area (Å²) in [6, 6.07) is 8.77. The molecule has 1 unspecified atom stereocenters. The molecule has 0 bridgehead atoms. The van der Waals surface area contributed by atoms with Gasteiger partial charge in [-0.3, -0.25) is 0 Å². The van der Waals surface area contributed by atoms with Gasteiger partial charge in [-0.05, 0) is 18.9 Å². The maximum atomic E-state index is 11.9. The number of carbonyl (C=O) groups excluding carboxylic acids is 2. The fourth-order valence-electron chi connectivity index (χ4n) is 2.17. The van der Waals surface area contributed by atoms with E-state index in [9.17, 15) is 9.59 Å². The van der Waals surface area contributed by atoms with Crippen LogP contribution in [0, 0.1) is 0 Å². The molecule has 5 nitrogen and oxygen atoms in total. The summed E-state index contributed by atoms with van der Waals surface area (Å²) in [6.45, 7) is 4.35. The lowest BCUT2D eigenvalue weighted by molar-refractivity contribution is -0.145. The number of rotatable bonds is 10. The fourth-order valence-corrected chi connectivity index (χ4v) is 2.17. The Kier molecular flexibility index (Phi) is 9.52. The molecule has 1 N–H and O–H groups in total. The van der Waals surface area contributed by atoms with Crippen molar-refractivity contribution in [2.45, 2.75) is 58.6 Å². The van der Waals surface area contributed by atoms with E-state index in [2.05, 4.69) is 12.2 Å². The van der Waals surface area contributed by atoms with Gasteiger partial charge in [0.05, 0.1) is 6.61 Å². The average Bonchev–Trinajstić information content (AvgIpc) is 2.57. The molecule has 0 fully saturated rings. The molecule has 0 aliphatic rings. The minimum absolute atomic E-state index is 0.179. The van der Waals surface area contributed by atoms with Crippen LogP contribution in [0.15, 0.2) is 30.3 Å². The van der Waals surface area contributed by atoms with E-state index < -0.39 is 18.1 Å². The minimum Gasteiger partial charge on any atom is -0.464 e. The summed E-state index contributed by atoms with van der Waals surface area (Å²) in [5, 5.41) is 2.61. The summed E-state index contributed by atoms with van der Waals surface area (Å²) >= 11 is 0.